The molecular weight excluding hydrogens is 346 g/mol. The Balaban J connectivity index is 2.21. The number of hydrogen-bond acceptors (Lipinski definition) is 4. The summed E-state index contributed by atoms with van der Waals surface area (Å²) in [6, 6.07) is 4.68. The van der Waals surface area contributed by atoms with Crippen LogP contribution in [0.4, 0.5) is 0 Å². The molecule has 2 rings (SSSR count). The fourth-order valence-corrected chi connectivity index (χ4v) is 4.54. The van der Waals surface area contributed by atoms with E-state index in [1.807, 2.05) is 6.92 Å². The van der Waals surface area contributed by atoms with Crippen molar-refractivity contribution >= 4 is 26.0 Å². The summed E-state index contributed by atoms with van der Waals surface area (Å²) in [5.74, 6) is 0. The fraction of sp³-hybridized carbons (Fsp3) is 0.538. The lowest BCUT2D eigenvalue weighted by Gasteiger charge is -2.27. The highest BCUT2D eigenvalue weighted by Crippen LogP contribution is 2.24. The molecule has 2 atom stereocenters. The van der Waals surface area contributed by atoms with Crippen LogP contribution in [0.2, 0.25) is 0 Å². The smallest absolute Gasteiger partial charge is 0.241 e. The molecule has 20 heavy (non-hydrogen) atoms. The molecule has 5 nitrogen and oxygen atoms in total. The molecule has 1 fully saturated rings. The molecule has 0 saturated carbocycles. The van der Waals surface area contributed by atoms with E-state index < -0.39 is 10.0 Å². The minimum Gasteiger partial charge on any atom is -0.392 e. The standard InChI is InChI=1S/C13H18BrNO4S/c1-9-6-11(4-5-19-9)15-20(17,18)13-7-10(8-16)2-3-12(13)14/h2-3,7,9,11,15-16H,4-6,8H2,1H3. The zero-order valence-electron chi connectivity index (χ0n) is 11.2. The number of ether oxygens (including phenoxy) is 1. The maximum absolute atomic E-state index is 12.4. The fourth-order valence-electron chi connectivity index (χ4n) is 2.24. The highest BCUT2D eigenvalue weighted by molar-refractivity contribution is 9.10. The SMILES string of the molecule is CC1CC(NS(=O)(=O)c2cc(CO)ccc2Br)CCO1. The summed E-state index contributed by atoms with van der Waals surface area (Å²) in [6.45, 7) is 2.30. The maximum Gasteiger partial charge on any atom is 0.241 e. The second-order valence-corrected chi connectivity index (χ2v) is 7.48. The first-order valence-electron chi connectivity index (χ1n) is 6.45. The highest BCUT2D eigenvalue weighted by atomic mass is 79.9. The quantitative estimate of drug-likeness (QED) is 0.854. The number of hydrogen-bond donors (Lipinski definition) is 2. The first-order chi connectivity index (χ1) is 9.42. The molecule has 7 heteroatoms. The van der Waals surface area contributed by atoms with Gasteiger partial charge in [0.15, 0.2) is 0 Å². The Morgan fingerprint density at radius 2 is 2.25 bits per heavy atom. The van der Waals surface area contributed by atoms with Crippen LogP contribution >= 0.6 is 15.9 Å². The van der Waals surface area contributed by atoms with Gasteiger partial charge >= 0.3 is 0 Å². The lowest BCUT2D eigenvalue weighted by Crippen LogP contribution is -2.41. The molecule has 0 aliphatic carbocycles. The van der Waals surface area contributed by atoms with E-state index in [2.05, 4.69) is 20.7 Å². The van der Waals surface area contributed by atoms with E-state index >= 15 is 0 Å². The lowest BCUT2D eigenvalue weighted by atomic mass is 10.1. The summed E-state index contributed by atoms with van der Waals surface area (Å²) in [5.41, 5.74) is 0.564. The van der Waals surface area contributed by atoms with Gasteiger partial charge in [0.05, 0.1) is 17.6 Å². The van der Waals surface area contributed by atoms with Crippen molar-refractivity contribution in [1.29, 1.82) is 0 Å². The largest absolute Gasteiger partial charge is 0.392 e. The summed E-state index contributed by atoms with van der Waals surface area (Å²) in [5, 5.41) is 9.13. The summed E-state index contributed by atoms with van der Waals surface area (Å²) in [7, 11) is -3.61. The molecule has 1 aromatic rings. The van der Waals surface area contributed by atoms with Crippen molar-refractivity contribution in [1.82, 2.24) is 4.72 Å². The van der Waals surface area contributed by atoms with E-state index in [4.69, 9.17) is 9.84 Å². The number of rotatable bonds is 4. The summed E-state index contributed by atoms with van der Waals surface area (Å²) in [6.07, 6.45) is 1.39. The molecule has 1 heterocycles. The van der Waals surface area contributed by atoms with Crippen LogP contribution in [0.3, 0.4) is 0 Å². The second kappa shape index (κ2) is 6.53. The van der Waals surface area contributed by atoms with Crippen molar-refractivity contribution in [2.75, 3.05) is 6.61 Å². The van der Waals surface area contributed by atoms with Crippen LogP contribution in [0.5, 0.6) is 0 Å². The van der Waals surface area contributed by atoms with Crippen LogP contribution in [-0.2, 0) is 21.4 Å². The van der Waals surface area contributed by atoms with Gasteiger partial charge in [-0.15, -0.1) is 0 Å². The van der Waals surface area contributed by atoms with Gasteiger partial charge in [0.25, 0.3) is 0 Å². The Kier molecular flexibility index (Phi) is 5.19. The van der Waals surface area contributed by atoms with E-state index in [0.717, 1.165) is 0 Å². The Hall–Kier alpha value is -0.470. The first-order valence-corrected chi connectivity index (χ1v) is 8.73. The second-order valence-electron chi connectivity index (χ2n) is 4.95. The zero-order valence-corrected chi connectivity index (χ0v) is 13.6. The molecule has 0 radical (unpaired) electrons. The molecule has 0 aromatic heterocycles. The number of aliphatic hydroxyl groups is 1. The molecule has 0 spiro atoms. The summed E-state index contributed by atoms with van der Waals surface area (Å²) in [4.78, 5) is 0.156. The normalized spacial score (nSPS) is 23.8. The van der Waals surface area contributed by atoms with E-state index in [-0.39, 0.29) is 23.6 Å². The molecule has 2 N–H and O–H groups in total. The number of benzene rings is 1. The van der Waals surface area contributed by atoms with Crippen LogP contribution < -0.4 is 4.72 Å². The van der Waals surface area contributed by atoms with Crippen LogP contribution in [-0.4, -0.2) is 32.3 Å². The Bertz CT molecular complexity index is 576. The molecule has 0 bridgehead atoms. The van der Waals surface area contributed by atoms with E-state index in [0.29, 0.717) is 29.5 Å². The highest BCUT2D eigenvalue weighted by Gasteiger charge is 2.26. The molecule has 1 aromatic carbocycles. The molecule has 1 aliphatic heterocycles. The van der Waals surface area contributed by atoms with Gasteiger partial charge in [-0.1, -0.05) is 6.07 Å². The maximum atomic E-state index is 12.4. The predicted molar refractivity (Wildman–Crippen MR) is 78.8 cm³/mol. The summed E-state index contributed by atoms with van der Waals surface area (Å²) >= 11 is 3.25. The number of nitrogens with one attached hydrogen (secondary N) is 1. The van der Waals surface area contributed by atoms with Crippen molar-refractivity contribution in [3.05, 3.63) is 28.2 Å². The van der Waals surface area contributed by atoms with E-state index in [1.165, 1.54) is 6.07 Å². The van der Waals surface area contributed by atoms with Gasteiger partial charge in [-0.2, -0.15) is 0 Å². The third-order valence-corrected chi connectivity index (χ3v) is 5.79. The average molecular weight is 364 g/mol. The van der Waals surface area contributed by atoms with Gasteiger partial charge in [0.2, 0.25) is 10.0 Å². The molecule has 2 unspecified atom stereocenters. The molecular formula is C13H18BrNO4S. The monoisotopic (exact) mass is 363 g/mol. The Labute approximate surface area is 127 Å². The first kappa shape index (κ1) is 15.9. The minimum atomic E-state index is -3.61. The Morgan fingerprint density at radius 1 is 1.50 bits per heavy atom. The van der Waals surface area contributed by atoms with Crippen molar-refractivity contribution < 1.29 is 18.3 Å². The van der Waals surface area contributed by atoms with Gasteiger partial charge in [0.1, 0.15) is 0 Å². The molecule has 112 valence electrons. The molecule has 1 saturated heterocycles. The Morgan fingerprint density at radius 3 is 2.90 bits per heavy atom. The number of sulfonamides is 1. The van der Waals surface area contributed by atoms with Gasteiger partial charge in [-0.3, -0.25) is 0 Å². The third kappa shape index (κ3) is 3.79. The zero-order chi connectivity index (χ0) is 14.8. The number of halogens is 1. The van der Waals surface area contributed by atoms with Crippen molar-refractivity contribution in [2.45, 2.75) is 43.4 Å². The topological polar surface area (TPSA) is 75.6 Å². The van der Waals surface area contributed by atoms with E-state index in [1.54, 1.807) is 12.1 Å². The van der Waals surface area contributed by atoms with Crippen LogP contribution in [0.15, 0.2) is 27.6 Å². The minimum absolute atomic E-state index is 0.0590. The number of aliphatic hydroxyl groups excluding tert-OH is 1. The molecule has 1 aliphatic rings. The van der Waals surface area contributed by atoms with Gasteiger partial charge < -0.3 is 9.84 Å². The van der Waals surface area contributed by atoms with Crippen LogP contribution in [0, 0.1) is 0 Å². The van der Waals surface area contributed by atoms with E-state index in [9.17, 15) is 8.42 Å². The van der Waals surface area contributed by atoms with Crippen molar-refractivity contribution in [3.63, 3.8) is 0 Å². The average Bonchev–Trinajstić information content (AvgIpc) is 2.38. The van der Waals surface area contributed by atoms with Crippen molar-refractivity contribution in [3.8, 4) is 0 Å². The van der Waals surface area contributed by atoms with Gasteiger partial charge in [0, 0.05) is 17.1 Å². The summed E-state index contributed by atoms with van der Waals surface area (Å²) < 4.78 is 33.5. The van der Waals surface area contributed by atoms with Crippen LogP contribution in [0.25, 0.3) is 0 Å². The van der Waals surface area contributed by atoms with Gasteiger partial charge in [-0.05, 0) is 53.4 Å². The lowest BCUT2D eigenvalue weighted by molar-refractivity contribution is 0.0173. The predicted octanol–water partition coefficient (Wildman–Crippen LogP) is 1.79. The van der Waals surface area contributed by atoms with Crippen molar-refractivity contribution in [2.24, 2.45) is 0 Å². The third-order valence-electron chi connectivity index (χ3n) is 3.27. The molecule has 0 amide bonds. The van der Waals surface area contributed by atoms with Crippen LogP contribution in [0.1, 0.15) is 25.3 Å². The van der Waals surface area contributed by atoms with Gasteiger partial charge in [-0.25, -0.2) is 13.1 Å².